The standard InChI is InChI=1S/C17H15FN2O/c18-12-2-4-13(5-3-12)20-14-6-7-15-11(9-14)1-8-17(19)16(15)10-21/h2-10,16,20H,1,19H2/t16-/m0/s1. The second-order valence-electron chi connectivity index (χ2n) is 5.07. The molecule has 2 aromatic carbocycles. The van der Waals surface area contributed by atoms with Crippen molar-refractivity contribution in [2.45, 2.75) is 12.3 Å². The lowest BCUT2D eigenvalue weighted by Gasteiger charge is -2.21. The zero-order valence-corrected chi connectivity index (χ0v) is 11.3. The molecule has 3 nitrogen and oxygen atoms in total. The van der Waals surface area contributed by atoms with E-state index in [9.17, 15) is 9.18 Å². The fraction of sp³-hybridized carbons (Fsp3) is 0.118. The molecule has 1 aliphatic carbocycles. The summed E-state index contributed by atoms with van der Waals surface area (Å²) in [6.07, 6.45) is 3.46. The molecule has 1 aliphatic rings. The molecule has 3 rings (SSSR count). The Morgan fingerprint density at radius 2 is 1.86 bits per heavy atom. The van der Waals surface area contributed by atoms with E-state index >= 15 is 0 Å². The van der Waals surface area contributed by atoms with E-state index in [4.69, 9.17) is 5.73 Å². The first-order valence-corrected chi connectivity index (χ1v) is 6.73. The maximum absolute atomic E-state index is 12.9. The van der Waals surface area contributed by atoms with Crippen LogP contribution in [0.2, 0.25) is 0 Å². The van der Waals surface area contributed by atoms with Gasteiger partial charge in [0.2, 0.25) is 0 Å². The molecule has 0 radical (unpaired) electrons. The summed E-state index contributed by atoms with van der Waals surface area (Å²) in [6, 6.07) is 12.0. The summed E-state index contributed by atoms with van der Waals surface area (Å²) in [6.45, 7) is 0. The lowest BCUT2D eigenvalue weighted by Crippen LogP contribution is -2.17. The van der Waals surface area contributed by atoms with Crippen LogP contribution in [0.5, 0.6) is 0 Å². The Morgan fingerprint density at radius 3 is 2.57 bits per heavy atom. The van der Waals surface area contributed by atoms with Gasteiger partial charge in [0.1, 0.15) is 12.1 Å². The number of hydrogen-bond donors (Lipinski definition) is 2. The number of anilines is 2. The minimum atomic E-state index is -0.353. The monoisotopic (exact) mass is 282 g/mol. The highest BCUT2D eigenvalue weighted by atomic mass is 19.1. The van der Waals surface area contributed by atoms with E-state index in [1.165, 1.54) is 12.1 Å². The smallest absolute Gasteiger partial charge is 0.133 e. The van der Waals surface area contributed by atoms with Crippen LogP contribution in [-0.2, 0) is 11.2 Å². The highest BCUT2D eigenvalue weighted by molar-refractivity contribution is 5.71. The topological polar surface area (TPSA) is 55.1 Å². The third kappa shape index (κ3) is 2.65. The van der Waals surface area contributed by atoms with Gasteiger partial charge >= 0.3 is 0 Å². The molecule has 0 heterocycles. The maximum atomic E-state index is 12.9. The van der Waals surface area contributed by atoms with Crippen molar-refractivity contribution in [2.24, 2.45) is 5.73 Å². The molecule has 0 unspecified atom stereocenters. The van der Waals surface area contributed by atoms with E-state index in [-0.39, 0.29) is 11.7 Å². The maximum Gasteiger partial charge on any atom is 0.133 e. The van der Waals surface area contributed by atoms with Gasteiger partial charge in [-0.2, -0.15) is 0 Å². The first-order valence-electron chi connectivity index (χ1n) is 6.73. The van der Waals surface area contributed by atoms with Crippen molar-refractivity contribution in [1.82, 2.24) is 0 Å². The molecule has 0 aromatic heterocycles. The number of nitrogens with one attached hydrogen (secondary N) is 1. The van der Waals surface area contributed by atoms with Crippen molar-refractivity contribution < 1.29 is 9.18 Å². The molecule has 0 saturated carbocycles. The lowest BCUT2D eigenvalue weighted by atomic mass is 9.86. The first-order chi connectivity index (χ1) is 10.2. The molecule has 106 valence electrons. The summed E-state index contributed by atoms with van der Waals surface area (Å²) >= 11 is 0. The normalized spacial score (nSPS) is 16.8. The molecule has 0 aliphatic heterocycles. The number of nitrogens with two attached hydrogens (primary N) is 1. The summed E-state index contributed by atoms with van der Waals surface area (Å²) in [4.78, 5) is 11.2. The van der Waals surface area contributed by atoms with Crippen molar-refractivity contribution >= 4 is 17.7 Å². The van der Waals surface area contributed by atoms with E-state index in [0.29, 0.717) is 12.1 Å². The lowest BCUT2D eigenvalue weighted by molar-refractivity contribution is -0.108. The SMILES string of the molecule is NC1=CCc2cc(Nc3ccc(F)cc3)ccc2[C@@H]1C=O. The molecule has 21 heavy (non-hydrogen) atoms. The fourth-order valence-corrected chi connectivity index (χ4v) is 2.55. The third-order valence-electron chi connectivity index (χ3n) is 3.66. The summed E-state index contributed by atoms with van der Waals surface area (Å²) in [5.74, 6) is -0.617. The molecule has 4 heteroatoms. The second kappa shape index (κ2) is 5.40. The number of aldehydes is 1. The number of allylic oxidation sites excluding steroid dienone is 2. The largest absolute Gasteiger partial charge is 0.401 e. The third-order valence-corrected chi connectivity index (χ3v) is 3.66. The average Bonchev–Trinajstić information content (AvgIpc) is 2.50. The Balaban J connectivity index is 1.88. The van der Waals surface area contributed by atoms with Crippen LogP contribution in [0, 0.1) is 5.82 Å². The van der Waals surface area contributed by atoms with E-state index < -0.39 is 0 Å². The Morgan fingerprint density at radius 1 is 1.14 bits per heavy atom. The van der Waals surface area contributed by atoms with Crippen LogP contribution in [0.3, 0.4) is 0 Å². The molecule has 3 N–H and O–H groups in total. The van der Waals surface area contributed by atoms with Gasteiger partial charge < -0.3 is 15.8 Å². The highest BCUT2D eigenvalue weighted by Gasteiger charge is 2.21. The molecular formula is C17H15FN2O. The van der Waals surface area contributed by atoms with Crippen molar-refractivity contribution in [2.75, 3.05) is 5.32 Å². The van der Waals surface area contributed by atoms with Gasteiger partial charge in [0.05, 0.1) is 5.92 Å². The van der Waals surface area contributed by atoms with Crippen LogP contribution in [0.25, 0.3) is 0 Å². The van der Waals surface area contributed by atoms with Crippen LogP contribution in [-0.4, -0.2) is 6.29 Å². The van der Waals surface area contributed by atoms with Gasteiger partial charge in [-0.05, 0) is 53.9 Å². The van der Waals surface area contributed by atoms with Gasteiger partial charge in [-0.1, -0.05) is 12.1 Å². The Kier molecular flexibility index (Phi) is 3.44. The number of fused-ring (bicyclic) bond motifs is 1. The molecule has 0 spiro atoms. The van der Waals surface area contributed by atoms with Gasteiger partial charge in [0.25, 0.3) is 0 Å². The molecule has 1 atom stereocenters. The summed E-state index contributed by atoms with van der Waals surface area (Å²) < 4.78 is 12.9. The predicted octanol–water partition coefficient (Wildman–Crippen LogP) is 3.25. The van der Waals surface area contributed by atoms with Crippen molar-refractivity contribution in [3.8, 4) is 0 Å². The molecular weight excluding hydrogens is 267 g/mol. The van der Waals surface area contributed by atoms with Crippen LogP contribution < -0.4 is 11.1 Å². The number of rotatable bonds is 3. The van der Waals surface area contributed by atoms with E-state index in [0.717, 1.165) is 28.8 Å². The summed E-state index contributed by atoms with van der Waals surface area (Å²) in [5, 5.41) is 3.22. The quantitative estimate of drug-likeness (QED) is 0.850. The number of carbonyl (C=O) groups is 1. The van der Waals surface area contributed by atoms with Crippen LogP contribution >= 0.6 is 0 Å². The van der Waals surface area contributed by atoms with Gasteiger partial charge in [-0.3, -0.25) is 0 Å². The van der Waals surface area contributed by atoms with Crippen molar-refractivity contribution in [1.29, 1.82) is 0 Å². The summed E-state index contributed by atoms with van der Waals surface area (Å²) in [5.41, 5.74) is 10.2. The Bertz CT molecular complexity index is 707. The number of halogens is 1. The molecule has 0 amide bonds. The minimum Gasteiger partial charge on any atom is -0.401 e. The van der Waals surface area contributed by atoms with E-state index in [1.54, 1.807) is 12.1 Å². The average molecular weight is 282 g/mol. The van der Waals surface area contributed by atoms with Crippen LogP contribution in [0.4, 0.5) is 15.8 Å². The van der Waals surface area contributed by atoms with Crippen molar-refractivity contribution in [3.05, 3.63) is 71.2 Å². The Hall–Kier alpha value is -2.62. The fourth-order valence-electron chi connectivity index (χ4n) is 2.55. The van der Waals surface area contributed by atoms with Gasteiger partial charge in [0.15, 0.2) is 0 Å². The van der Waals surface area contributed by atoms with E-state index in [2.05, 4.69) is 5.32 Å². The highest BCUT2D eigenvalue weighted by Crippen LogP contribution is 2.31. The van der Waals surface area contributed by atoms with Crippen molar-refractivity contribution in [3.63, 3.8) is 0 Å². The zero-order chi connectivity index (χ0) is 14.8. The number of hydrogen-bond acceptors (Lipinski definition) is 3. The van der Waals surface area contributed by atoms with Gasteiger partial charge in [-0.15, -0.1) is 0 Å². The predicted molar refractivity (Wildman–Crippen MR) is 80.9 cm³/mol. The molecule has 0 bridgehead atoms. The second-order valence-corrected chi connectivity index (χ2v) is 5.07. The first kappa shape index (κ1) is 13.4. The minimum absolute atomic E-state index is 0.263. The summed E-state index contributed by atoms with van der Waals surface area (Å²) in [7, 11) is 0. The van der Waals surface area contributed by atoms with E-state index in [1.807, 2.05) is 24.3 Å². The number of benzene rings is 2. The van der Waals surface area contributed by atoms with Gasteiger partial charge in [-0.25, -0.2) is 4.39 Å². The Labute approximate surface area is 122 Å². The molecule has 0 fully saturated rings. The zero-order valence-electron chi connectivity index (χ0n) is 11.3. The van der Waals surface area contributed by atoms with Crippen LogP contribution in [0.15, 0.2) is 54.2 Å². The van der Waals surface area contributed by atoms with Crippen LogP contribution in [0.1, 0.15) is 17.0 Å². The molecule has 2 aromatic rings. The molecule has 0 saturated heterocycles. The van der Waals surface area contributed by atoms with Gasteiger partial charge in [0, 0.05) is 17.1 Å². The number of carbonyl (C=O) groups excluding carboxylic acids is 1.